The maximum atomic E-state index is 12.0. The van der Waals surface area contributed by atoms with Gasteiger partial charge in [0.25, 0.3) is 0 Å². The Labute approximate surface area is 103 Å². The molecule has 17 heavy (non-hydrogen) atoms. The Balaban J connectivity index is 1.76. The lowest BCUT2D eigenvalue weighted by Crippen LogP contribution is -2.52. The van der Waals surface area contributed by atoms with Gasteiger partial charge in [-0.1, -0.05) is 6.42 Å². The zero-order valence-electron chi connectivity index (χ0n) is 10.7. The van der Waals surface area contributed by atoms with Crippen molar-refractivity contribution >= 4 is 5.91 Å². The number of hydrogen-bond acceptors (Lipinski definition) is 3. The van der Waals surface area contributed by atoms with Crippen LogP contribution in [0.5, 0.6) is 0 Å². The summed E-state index contributed by atoms with van der Waals surface area (Å²) in [5, 5.41) is 6.62. The second-order valence-corrected chi connectivity index (χ2v) is 5.27. The third-order valence-electron chi connectivity index (χ3n) is 3.85. The van der Waals surface area contributed by atoms with Gasteiger partial charge in [-0.2, -0.15) is 0 Å². The average molecular weight is 240 g/mol. The predicted molar refractivity (Wildman–Crippen MR) is 66.8 cm³/mol. The van der Waals surface area contributed by atoms with Gasteiger partial charge in [0, 0.05) is 18.7 Å². The quantitative estimate of drug-likeness (QED) is 0.775. The van der Waals surface area contributed by atoms with E-state index in [1.165, 1.54) is 19.3 Å². The number of piperidine rings is 1. The van der Waals surface area contributed by atoms with Crippen molar-refractivity contribution in [3.63, 3.8) is 0 Å². The third-order valence-corrected chi connectivity index (χ3v) is 3.85. The highest BCUT2D eigenvalue weighted by Gasteiger charge is 2.26. The van der Waals surface area contributed by atoms with E-state index in [0.717, 1.165) is 26.0 Å². The fourth-order valence-electron chi connectivity index (χ4n) is 2.70. The fraction of sp³-hybridized carbons (Fsp3) is 0.923. The molecule has 2 aliphatic heterocycles. The molecule has 98 valence electrons. The molecular formula is C13H24N2O2. The molecule has 0 radical (unpaired) electrons. The highest BCUT2D eigenvalue weighted by atomic mass is 16.5. The molecule has 0 aromatic carbocycles. The van der Waals surface area contributed by atoms with E-state index in [2.05, 4.69) is 17.6 Å². The molecule has 2 rings (SSSR count). The van der Waals surface area contributed by atoms with Gasteiger partial charge in [-0.3, -0.25) is 4.79 Å². The standard InChI is InChI=1S/C13H24N2O2/c1-10(12-6-2-3-7-14-12)15-13(16)11-5-4-8-17-9-11/h10-12,14H,2-9H2,1H3,(H,15,16). The van der Waals surface area contributed by atoms with Crippen LogP contribution in [-0.4, -0.2) is 37.7 Å². The van der Waals surface area contributed by atoms with Crippen molar-refractivity contribution in [1.29, 1.82) is 0 Å². The summed E-state index contributed by atoms with van der Waals surface area (Å²) in [6, 6.07) is 0.668. The van der Waals surface area contributed by atoms with Crippen molar-refractivity contribution in [1.82, 2.24) is 10.6 Å². The molecule has 3 unspecified atom stereocenters. The van der Waals surface area contributed by atoms with Crippen molar-refractivity contribution in [2.24, 2.45) is 5.92 Å². The number of amides is 1. The molecule has 0 bridgehead atoms. The number of carbonyl (C=O) groups is 1. The monoisotopic (exact) mass is 240 g/mol. The van der Waals surface area contributed by atoms with Crippen LogP contribution in [0, 0.1) is 5.92 Å². The van der Waals surface area contributed by atoms with E-state index in [1.54, 1.807) is 0 Å². The van der Waals surface area contributed by atoms with E-state index in [9.17, 15) is 4.79 Å². The van der Waals surface area contributed by atoms with Crippen molar-refractivity contribution in [3.05, 3.63) is 0 Å². The maximum absolute atomic E-state index is 12.0. The first-order chi connectivity index (χ1) is 8.27. The minimum atomic E-state index is 0.0646. The van der Waals surface area contributed by atoms with Gasteiger partial charge in [0.2, 0.25) is 5.91 Å². The Morgan fingerprint density at radius 2 is 2.24 bits per heavy atom. The average Bonchev–Trinajstić information content (AvgIpc) is 2.40. The lowest BCUT2D eigenvalue weighted by atomic mass is 9.97. The van der Waals surface area contributed by atoms with Crippen LogP contribution in [-0.2, 0) is 9.53 Å². The smallest absolute Gasteiger partial charge is 0.225 e. The predicted octanol–water partition coefficient (Wildman–Crippen LogP) is 1.06. The topological polar surface area (TPSA) is 50.4 Å². The number of ether oxygens (including phenoxy) is 1. The van der Waals surface area contributed by atoms with Gasteiger partial charge in [-0.25, -0.2) is 0 Å². The van der Waals surface area contributed by atoms with E-state index < -0.39 is 0 Å². The summed E-state index contributed by atoms with van der Waals surface area (Å²) in [6.07, 6.45) is 5.67. The molecule has 2 aliphatic rings. The van der Waals surface area contributed by atoms with Crippen LogP contribution in [0.3, 0.4) is 0 Å². The largest absolute Gasteiger partial charge is 0.381 e. The number of carbonyl (C=O) groups excluding carboxylic acids is 1. The molecule has 1 amide bonds. The Morgan fingerprint density at radius 1 is 1.35 bits per heavy atom. The molecule has 3 atom stereocenters. The minimum Gasteiger partial charge on any atom is -0.381 e. The summed E-state index contributed by atoms with van der Waals surface area (Å²) in [7, 11) is 0. The van der Waals surface area contributed by atoms with Crippen LogP contribution in [0.4, 0.5) is 0 Å². The van der Waals surface area contributed by atoms with Gasteiger partial charge < -0.3 is 15.4 Å². The van der Waals surface area contributed by atoms with Crippen LogP contribution in [0.25, 0.3) is 0 Å². The molecule has 4 nitrogen and oxygen atoms in total. The van der Waals surface area contributed by atoms with Gasteiger partial charge in [0.1, 0.15) is 0 Å². The molecular weight excluding hydrogens is 216 g/mol. The molecule has 0 aromatic heterocycles. The number of rotatable bonds is 3. The summed E-state index contributed by atoms with van der Waals surface area (Å²) < 4.78 is 5.35. The van der Waals surface area contributed by atoms with E-state index in [0.29, 0.717) is 12.6 Å². The Kier molecular flexibility index (Phi) is 4.80. The van der Waals surface area contributed by atoms with E-state index in [4.69, 9.17) is 4.74 Å². The Bertz CT molecular complexity index is 246. The summed E-state index contributed by atoms with van der Waals surface area (Å²) in [4.78, 5) is 12.0. The second kappa shape index (κ2) is 6.36. The first kappa shape index (κ1) is 12.8. The fourth-order valence-corrected chi connectivity index (χ4v) is 2.70. The molecule has 0 saturated carbocycles. The molecule has 0 spiro atoms. The van der Waals surface area contributed by atoms with Crippen LogP contribution in [0.2, 0.25) is 0 Å². The highest BCUT2D eigenvalue weighted by molar-refractivity contribution is 5.79. The van der Waals surface area contributed by atoms with E-state index >= 15 is 0 Å². The first-order valence-electron chi connectivity index (χ1n) is 6.89. The second-order valence-electron chi connectivity index (χ2n) is 5.27. The molecule has 0 aliphatic carbocycles. The van der Waals surface area contributed by atoms with Crippen LogP contribution < -0.4 is 10.6 Å². The number of nitrogens with one attached hydrogen (secondary N) is 2. The first-order valence-corrected chi connectivity index (χ1v) is 6.89. The third kappa shape index (κ3) is 3.68. The summed E-state index contributed by atoms with van der Waals surface area (Å²) in [5.41, 5.74) is 0. The van der Waals surface area contributed by atoms with Crippen molar-refractivity contribution in [2.75, 3.05) is 19.8 Å². The van der Waals surface area contributed by atoms with Gasteiger partial charge in [0.15, 0.2) is 0 Å². The molecule has 2 fully saturated rings. The van der Waals surface area contributed by atoms with Gasteiger partial charge >= 0.3 is 0 Å². The zero-order valence-corrected chi connectivity index (χ0v) is 10.7. The Hall–Kier alpha value is -0.610. The van der Waals surface area contributed by atoms with Crippen molar-refractivity contribution in [3.8, 4) is 0 Å². The van der Waals surface area contributed by atoms with Gasteiger partial charge in [-0.05, 0) is 39.2 Å². The molecule has 2 heterocycles. The Morgan fingerprint density at radius 3 is 2.88 bits per heavy atom. The normalized spacial score (nSPS) is 31.8. The molecule has 4 heteroatoms. The van der Waals surface area contributed by atoms with Gasteiger partial charge in [0.05, 0.1) is 12.5 Å². The molecule has 0 aromatic rings. The summed E-state index contributed by atoms with van der Waals surface area (Å²) in [6.45, 7) is 4.59. The minimum absolute atomic E-state index is 0.0646. The lowest BCUT2D eigenvalue weighted by molar-refractivity contribution is -0.129. The lowest BCUT2D eigenvalue weighted by Gasteiger charge is -2.31. The van der Waals surface area contributed by atoms with Gasteiger partial charge in [-0.15, -0.1) is 0 Å². The van der Waals surface area contributed by atoms with Crippen LogP contribution in [0.1, 0.15) is 39.0 Å². The summed E-state index contributed by atoms with van der Waals surface area (Å²) >= 11 is 0. The SMILES string of the molecule is CC(NC(=O)C1CCCOC1)C1CCCCN1. The van der Waals surface area contributed by atoms with E-state index in [1.807, 2.05) is 0 Å². The van der Waals surface area contributed by atoms with E-state index in [-0.39, 0.29) is 17.9 Å². The summed E-state index contributed by atoms with van der Waals surface area (Å²) in [5.74, 6) is 0.236. The molecule has 2 saturated heterocycles. The van der Waals surface area contributed by atoms with Crippen molar-refractivity contribution in [2.45, 2.75) is 51.1 Å². The maximum Gasteiger partial charge on any atom is 0.225 e. The number of hydrogen-bond donors (Lipinski definition) is 2. The van der Waals surface area contributed by atoms with Crippen LogP contribution in [0.15, 0.2) is 0 Å². The highest BCUT2D eigenvalue weighted by Crippen LogP contribution is 2.15. The van der Waals surface area contributed by atoms with Crippen molar-refractivity contribution < 1.29 is 9.53 Å². The van der Waals surface area contributed by atoms with Crippen LogP contribution >= 0.6 is 0 Å². The molecule has 2 N–H and O–H groups in total. The zero-order chi connectivity index (χ0) is 12.1.